The summed E-state index contributed by atoms with van der Waals surface area (Å²) >= 11 is 0. The fourth-order valence-electron chi connectivity index (χ4n) is 6.52. The summed E-state index contributed by atoms with van der Waals surface area (Å²) in [6, 6.07) is 13.2. The Labute approximate surface area is 179 Å². The molecule has 2 aromatic carbocycles. The van der Waals surface area contributed by atoms with Gasteiger partial charge in [-0.3, -0.25) is 19.3 Å². The summed E-state index contributed by atoms with van der Waals surface area (Å²) in [5.74, 6) is -3.13. The summed E-state index contributed by atoms with van der Waals surface area (Å²) in [5.41, 5.74) is 0.354. The van der Waals surface area contributed by atoms with E-state index in [9.17, 15) is 18.8 Å². The lowest BCUT2D eigenvalue weighted by Crippen LogP contribution is -2.56. The molecule has 0 bridgehead atoms. The number of carbonyl (C=O) groups excluding carboxylic acids is 3. The fourth-order valence-corrected chi connectivity index (χ4v) is 6.52. The smallest absolute Gasteiger partial charge is 0.253 e. The van der Waals surface area contributed by atoms with Crippen LogP contribution in [0.4, 0.5) is 15.8 Å². The number of hydrogen-bond donors (Lipinski definition) is 0. The van der Waals surface area contributed by atoms with Crippen LogP contribution in [0, 0.1) is 17.7 Å². The summed E-state index contributed by atoms with van der Waals surface area (Å²) < 4.78 is 14.6. The molecule has 2 aromatic rings. The summed E-state index contributed by atoms with van der Waals surface area (Å²) in [6.45, 7) is 3.05. The molecule has 0 aromatic heterocycles. The maximum atomic E-state index is 14.6. The molecule has 3 fully saturated rings. The van der Waals surface area contributed by atoms with Crippen molar-refractivity contribution in [3.8, 4) is 0 Å². The average molecular weight is 419 g/mol. The molecule has 6 nitrogen and oxygen atoms in total. The summed E-state index contributed by atoms with van der Waals surface area (Å²) in [5, 5.41) is 0. The number of anilines is 2. The van der Waals surface area contributed by atoms with Crippen molar-refractivity contribution in [2.75, 3.05) is 22.9 Å². The van der Waals surface area contributed by atoms with Crippen LogP contribution in [0.3, 0.4) is 0 Å². The maximum Gasteiger partial charge on any atom is 0.253 e. The zero-order valence-corrected chi connectivity index (χ0v) is 17.1. The third-order valence-electron chi connectivity index (χ3n) is 7.55. The average Bonchev–Trinajstić information content (AvgIpc) is 3.47. The van der Waals surface area contributed by atoms with Crippen LogP contribution < -0.4 is 9.80 Å². The Morgan fingerprint density at radius 3 is 2.45 bits per heavy atom. The second kappa shape index (κ2) is 6.23. The van der Waals surface area contributed by atoms with Crippen LogP contribution in [0.1, 0.15) is 25.3 Å². The van der Waals surface area contributed by atoms with Crippen molar-refractivity contribution < 1.29 is 18.8 Å². The molecule has 3 saturated heterocycles. The minimum atomic E-state index is -1.20. The van der Waals surface area contributed by atoms with E-state index in [2.05, 4.69) is 4.90 Å². The van der Waals surface area contributed by atoms with Crippen molar-refractivity contribution in [3.63, 3.8) is 0 Å². The molecule has 0 N–H and O–H groups in total. The van der Waals surface area contributed by atoms with Crippen molar-refractivity contribution in [2.45, 2.75) is 31.3 Å². The van der Waals surface area contributed by atoms with Crippen LogP contribution in [-0.2, 0) is 19.9 Å². The number of halogens is 1. The van der Waals surface area contributed by atoms with Gasteiger partial charge in [0.2, 0.25) is 11.8 Å². The zero-order valence-electron chi connectivity index (χ0n) is 17.1. The van der Waals surface area contributed by atoms with E-state index in [0.29, 0.717) is 13.1 Å². The SMILES string of the molecule is CCN1C(=O)[C@]2(c3ccccc31)[C@@H]1C(=O)N(c3ccccc3F)C(=O)[C@@H]1[C@@H]1CCCN12. The molecule has 4 atom stereocenters. The molecule has 0 radical (unpaired) electrons. The fraction of sp³-hybridized carbons (Fsp3) is 0.375. The number of nitrogens with zero attached hydrogens (tertiary/aromatic N) is 3. The zero-order chi connectivity index (χ0) is 21.5. The number of imide groups is 1. The normalized spacial score (nSPS) is 31.7. The Bertz CT molecular complexity index is 1150. The lowest BCUT2D eigenvalue weighted by molar-refractivity contribution is -0.137. The largest absolute Gasteiger partial charge is 0.310 e. The molecular formula is C24H22FN3O3. The van der Waals surface area contributed by atoms with Crippen LogP contribution in [0.25, 0.3) is 0 Å². The van der Waals surface area contributed by atoms with E-state index >= 15 is 0 Å². The van der Waals surface area contributed by atoms with Crippen molar-refractivity contribution in [3.05, 3.63) is 59.9 Å². The van der Waals surface area contributed by atoms with Gasteiger partial charge in [-0.2, -0.15) is 0 Å². The molecule has 3 amide bonds. The molecule has 7 heteroatoms. The Kier molecular flexibility index (Phi) is 3.76. The summed E-state index contributed by atoms with van der Waals surface area (Å²) in [7, 11) is 0. The monoisotopic (exact) mass is 419 g/mol. The van der Waals surface area contributed by atoms with E-state index in [0.717, 1.165) is 29.0 Å². The Morgan fingerprint density at radius 1 is 1.00 bits per heavy atom. The highest BCUT2D eigenvalue weighted by Gasteiger charge is 2.75. The van der Waals surface area contributed by atoms with E-state index < -0.39 is 35.0 Å². The third kappa shape index (κ3) is 2.03. The number of rotatable bonds is 2. The van der Waals surface area contributed by atoms with Crippen LogP contribution in [0.15, 0.2) is 48.5 Å². The van der Waals surface area contributed by atoms with Crippen LogP contribution in [-0.4, -0.2) is 41.8 Å². The van der Waals surface area contributed by atoms with E-state index in [-0.39, 0.29) is 17.6 Å². The maximum absolute atomic E-state index is 14.6. The van der Waals surface area contributed by atoms with Crippen LogP contribution >= 0.6 is 0 Å². The van der Waals surface area contributed by atoms with Gasteiger partial charge in [0, 0.05) is 23.8 Å². The Morgan fingerprint density at radius 2 is 1.71 bits per heavy atom. The second-order valence-electron chi connectivity index (χ2n) is 8.70. The Balaban J connectivity index is 1.59. The summed E-state index contributed by atoms with van der Waals surface area (Å²) in [4.78, 5) is 46.2. The van der Waals surface area contributed by atoms with Crippen LogP contribution in [0.2, 0.25) is 0 Å². The van der Waals surface area contributed by atoms with Gasteiger partial charge in [-0.15, -0.1) is 0 Å². The van der Waals surface area contributed by atoms with Gasteiger partial charge >= 0.3 is 0 Å². The number of hydrogen-bond acceptors (Lipinski definition) is 4. The minimum absolute atomic E-state index is 0.0299. The quantitative estimate of drug-likeness (QED) is 0.703. The highest BCUT2D eigenvalue weighted by molar-refractivity contribution is 6.26. The molecule has 0 aliphatic carbocycles. The molecule has 1 spiro atoms. The van der Waals surface area contributed by atoms with Crippen molar-refractivity contribution in [2.24, 2.45) is 11.8 Å². The minimum Gasteiger partial charge on any atom is -0.310 e. The number of amides is 3. The number of likely N-dealkylation sites (N-methyl/N-ethyl adjacent to an activating group) is 1. The van der Waals surface area contributed by atoms with Crippen molar-refractivity contribution in [1.29, 1.82) is 0 Å². The van der Waals surface area contributed by atoms with Gasteiger partial charge in [-0.1, -0.05) is 30.3 Å². The van der Waals surface area contributed by atoms with Gasteiger partial charge < -0.3 is 4.90 Å². The molecule has 4 aliphatic heterocycles. The molecule has 0 unspecified atom stereocenters. The number of carbonyl (C=O) groups is 3. The highest BCUT2D eigenvalue weighted by atomic mass is 19.1. The van der Waals surface area contributed by atoms with E-state index in [1.54, 1.807) is 11.0 Å². The number of benzene rings is 2. The first kappa shape index (κ1) is 18.7. The predicted octanol–water partition coefficient (Wildman–Crippen LogP) is 2.67. The third-order valence-corrected chi connectivity index (χ3v) is 7.55. The number of para-hydroxylation sites is 2. The van der Waals surface area contributed by atoms with E-state index in [1.807, 2.05) is 31.2 Å². The predicted molar refractivity (Wildman–Crippen MR) is 112 cm³/mol. The Hall–Kier alpha value is -3.06. The molecule has 31 heavy (non-hydrogen) atoms. The van der Waals surface area contributed by atoms with E-state index in [4.69, 9.17) is 0 Å². The molecule has 0 saturated carbocycles. The standard InChI is InChI=1S/C24H22FN3O3/c1-2-26-16-10-5-3-8-14(16)24(23(26)31)20-19(18-12-7-13-27(18)24)21(29)28(22(20)30)17-11-6-4-9-15(17)25/h3-6,8-11,18-20H,2,7,12-13H2,1H3/t18-,19+,20-,24-/m0/s1. The van der Waals surface area contributed by atoms with Gasteiger partial charge in [-0.25, -0.2) is 9.29 Å². The topological polar surface area (TPSA) is 60.9 Å². The lowest BCUT2D eigenvalue weighted by Gasteiger charge is -2.37. The van der Waals surface area contributed by atoms with Gasteiger partial charge in [0.25, 0.3) is 5.91 Å². The first-order chi connectivity index (χ1) is 15.0. The van der Waals surface area contributed by atoms with Crippen molar-refractivity contribution >= 4 is 29.1 Å². The first-order valence-corrected chi connectivity index (χ1v) is 10.8. The van der Waals surface area contributed by atoms with Crippen LogP contribution in [0.5, 0.6) is 0 Å². The first-order valence-electron chi connectivity index (χ1n) is 10.8. The molecule has 158 valence electrons. The molecule has 4 heterocycles. The van der Waals surface area contributed by atoms with Crippen molar-refractivity contribution in [1.82, 2.24) is 4.90 Å². The van der Waals surface area contributed by atoms with Gasteiger partial charge in [-0.05, 0) is 44.5 Å². The van der Waals surface area contributed by atoms with Gasteiger partial charge in [0.15, 0.2) is 0 Å². The molecule has 4 aliphatic rings. The van der Waals surface area contributed by atoms with Gasteiger partial charge in [0.05, 0.1) is 17.5 Å². The lowest BCUT2D eigenvalue weighted by atomic mass is 9.75. The van der Waals surface area contributed by atoms with E-state index in [1.165, 1.54) is 18.2 Å². The number of fused-ring (bicyclic) bond motifs is 7. The molecule has 6 rings (SSSR count). The molecular weight excluding hydrogens is 397 g/mol. The second-order valence-corrected chi connectivity index (χ2v) is 8.70. The highest BCUT2D eigenvalue weighted by Crippen LogP contribution is 2.61. The summed E-state index contributed by atoms with van der Waals surface area (Å²) in [6.07, 6.45) is 1.60. The van der Waals surface area contributed by atoms with Gasteiger partial charge in [0.1, 0.15) is 11.4 Å².